The van der Waals surface area contributed by atoms with Gasteiger partial charge in [0.05, 0.1) is 19.1 Å². The third kappa shape index (κ3) is 5.15. The molecule has 180 valence electrons. The van der Waals surface area contributed by atoms with Gasteiger partial charge in [0.15, 0.2) is 0 Å². The molecule has 1 aliphatic carbocycles. The van der Waals surface area contributed by atoms with Gasteiger partial charge >= 0.3 is 6.03 Å². The van der Waals surface area contributed by atoms with Crippen molar-refractivity contribution in [3.8, 4) is 5.75 Å². The number of aliphatic hydroxyl groups excluding tert-OH is 1. The summed E-state index contributed by atoms with van der Waals surface area (Å²) < 4.78 is 25.1. The maximum Gasteiger partial charge on any atom is 0.323 e. The molecule has 2 aromatic rings. The van der Waals surface area contributed by atoms with Crippen molar-refractivity contribution in [2.24, 2.45) is 5.92 Å². The van der Waals surface area contributed by atoms with Gasteiger partial charge in [-0.1, -0.05) is 0 Å². The Morgan fingerprint density at radius 2 is 1.79 bits per heavy atom. The minimum atomic E-state index is -0.537. The lowest BCUT2D eigenvalue weighted by Gasteiger charge is -2.37. The number of hydrogen-bond acceptors (Lipinski definition) is 5. The summed E-state index contributed by atoms with van der Waals surface area (Å²) in [6, 6.07) is 10.4. The van der Waals surface area contributed by atoms with Gasteiger partial charge in [-0.3, -0.25) is 4.79 Å². The Hall–Kier alpha value is -3.17. The predicted octanol–water partition coefficient (Wildman–Crippen LogP) is 3.38. The first-order valence-corrected chi connectivity index (χ1v) is 11.7. The predicted molar refractivity (Wildman–Crippen MR) is 123 cm³/mol. The van der Waals surface area contributed by atoms with Crippen LogP contribution in [0.4, 0.5) is 20.6 Å². The monoisotopic (exact) mass is 469 g/mol. The molecule has 3 amide bonds. The molecule has 0 bridgehead atoms. The molecule has 5 rings (SSSR count). The molecule has 2 aliphatic heterocycles. The molecule has 0 spiro atoms. The standard InChI is InChI=1S/C25H28FN3O5/c26-15-3-5-16(6-4-15)28-25(32)29-17-7-8-21-19(9-17)20-10-18(33-22(13-30)24(20)34-21)11-23(31)27-12-14-1-2-14/h3-9,14,18,20,22,24,30H,1-2,10-13H2,(H,27,31)(H2,28,29,32)/t18-,20-,22-,24+/m0/s1. The Morgan fingerprint density at radius 1 is 1.06 bits per heavy atom. The topological polar surface area (TPSA) is 109 Å². The van der Waals surface area contributed by atoms with E-state index >= 15 is 0 Å². The van der Waals surface area contributed by atoms with Crippen LogP contribution in [0, 0.1) is 11.7 Å². The molecule has 4 atom stereocenters. The summed E-state index contributed by atoms with van der Waals surface area (Å²) in [6.07, 6.45) is 1.94. The van der Waals surface area contributed by atoms with Crippen LogP contribution in [-0.2, 0) is 9.53 Å². The quantitative estimate of drug-likeness (QED) is 0.497. The number of rotatable bonds is 7. The van der Waals surface area contributed by atoms with E-state index in [1.807, 2.05) is 6.07 Å². The highest BCUT2D eigenvalue weighted by Gasteiger charge is 2.46. The number of halogens is 1. The van der Waals surface area contributed by atoms with E-state index in [2.05, 4.69) is 16.0 Å². The van der Waals surface area contributed by atoms with Crippen LogP contribution in [0.3, 0.4) is 0 Å². The zero-order valence-electron chi connectivity index (χ0n) is 18.6. The Balaban J connectivity index is 1.25. The van der Waals surface area contributed by atoms with Crippen LogP contribution in [0.25, 0.3) is 0 Å². The second kappa shape index (κ2) is 9.60. The number of aliphatic hydroxyl groups is 1. The van der Waals surface area contributed by atoms with Crippen molar-refractivity contribution in [1.82, 2.24) is 5.32 Å². The highest BCUT2D eigenvalue weighted by atomic mass is 19.1. The van der Waals surface area contributed by atoms with E-state index in [0.29, 0.717) is 36.0 Å². The zero-order chi connectivity index (χ0) is 23.7. The summed E-state index contributed by atoms with van der Waals surface area (Å²) in [4.78, 5) is 24.8. The van der Waals surface area contributed by atoms with Crippen molar-refractivity contribution in [1.29, 1.82) is 0 Å². The summed E-state index contributed by atoms with van der Waals surface area (Å²) in [5.41, 5.74) is 1.96. The number of amides is 3. The molecular weight excluding hydrogens is 441 g/mol. The van der Waals surface area contributed by atoms with E-state index < -0.39 is 12.1 Å². The smallest absolute Gasteiger partial charge is 0.323 e. The van der Waals surface area contributed by atoms with Crippen molar-refractivity contribution in [3.63, 3.8) is 0 Å². The highest BCUT2D eigenvalue weighted by molar-refractivity contribution is 5.99. The Kier molecular flexibility index (Phi) is 6.38. The lowest BCUT2D eigenvalue weighted by molar-refractivity contribution is -0.142. The van der Waals surface area contributed by atoms with Gasteiger partial charge in [0.25, 0.3) is 0 Å². The Bertz CT molecular complexity index is 1060. The lowest BCUT2D eigenvalue weighted by atomic mass is 9.84. The number of carbonyl (C=O) groups is 2. The number of ether oxygens (including phenoxy) is 2. The Labute approximate surface area is 196 Å². The molecule has 1 saturated carbocycles. The molecule has 2 aromatic carbocycles. The van der Waals surface area contributed by atoms with Gasteiger partial charge in [-0.25, -0.2) is 9.18 Å². The first kappa shape index (κ1) is 22.6. The van der Waals surface area contributed by atoms with Crippen LogP contribution in [0.15, 0.2) is 42.5 Å². The van der Waals surface area contributed by atoms with Gasteiger partial charge in [-0.15, -0.1) is 0 Å². The molecule has 2 heterocycles. The molecule has 1 saturated heterocycles. The summed E-state index contributed by atoms with van der Waals surface area (Å²) in [6.45, 7) is 0.503. The van der Waals surface area contributed by atoms with Crippen molar-refractivity contribution in [3.05, 3.63) is 53.8 Å². The van der Waals surface area contributed by atoms with Gasteiger partial charge < -0.3 is 30.5 Å². The van der Waals surface area contributed by atoms with E-state index in [0.717, 1.165) is 5.56 Å². The van der Waals surface area contributed by atoms with E-state index in [9.17, 15) is 19.1 Å². The average Bonchev–Trinajstić information content (AvgIpc) is 3.59. The summed E-state index contributed by atoms with van der Waals surface area (Å²) in [5.74, 6) is 0.797. The molecule has 0 aromatic heterocycles. The first-order valence-electron chi connectivity index (χ1n) is 11.7. The molecule has 34 heavy (non-hydrogen) atoms. The van der Waals surface area contributed by atoms with Gasteiger partial charge in [-0.05, 0) is 67.6 Å². The number of urea groups is 1. The second-order valence-electron chi connectivity index (χ2n) is 9.19. The lowest BCUT2D eigenvalue weighted by Crippen LogP contribution is -2.47. The van der Waals surface area contributed by atoms with Gasteiger partial charge in [-0.2, -0.15) is 0 Å². The summed E-state index contributed by atoms with van der Waals surface area (Å²) >= 11 is 0. The van der Waals surface area contributed by atoms with E-state index in [-0.39, 0.29) is 42.9 Å². The number of fused-ring (bicyclic) bond motifs is 3. The number of anilines is 2. The largest absolute Gasteiger partial charge is 0.487 e. The zero-order valence-corrected chi connectivity index (χ0v) is 18.6. The number of nitrogens with one attached hydrogen (secondary N) is 3. The summed E-state index contributed by atoms with van der Waals surface area (Å²) in [7, 11) is 0. The maximum absolute atomic E-state index is 13.1. The fourth-order valence-corrected chi connectivity index (χ4v) is 4.65. The van der Waals surface area contributed by atoms with Gasteiger partial charge in [0.2, 0.25) is 5.91 Å². The molecule has 3 aliphatic rings. The van der Waals surface area contributed by atoms with Crippen LogP contribution in [-0.4, -0.2) is 48.5 Å². The van der Waals surface area contributed by atoms with Gasteiger partial charge in [0, 0.05) is 29.4 Å². The molecule has 0 radical (unpaired) electrons. The Morgan fingerprint density at radius 3 is 2.53 bits per heavy atom. The fourth-order valence-electron chi connectivity index (χ4n) is 4.65. The first-order chi connectivity index (χ1) is 16.5. The molecule has 9 heteroatoms. The molecule has 4 N–H and O–H groups in total. The average molecular weight is 470 g/mol. The molecular formula is C25H28FN3O5. The third-order valence-corrected chi connectivity index (χ3v) is 6.56. The number of hydrogen-bond donors (Lipinski definition) is 4. The number of benzene rings is 2. The van der Waals surface area contributed by atoms with Crippen LogP contribution >= 0.6 is 0 Å². The summed E-state index contributed by atoms with van der Waals surface area (Å²) in [5, 5.41) is 18.3. The maximum atomic E-state index is 13.1. The minimum Gasteiger partial charge on any atom is -0.487 e. The highest BCUT2D eigenvalue weighted by Crippen LogP contribution is 2.47. The molecule has 8 nitrogen and oxygen atoms in total. The van der Waals surface area contributed by atoms with Crippen LogP contribution in [0.2, 0.25) is 0 Å². The van der Waals surface area contributed by atoms with Crippen LogP contribution in [0.1, 0.15) is 37.2 Å². The van der Waals surface area contributed by atoms with Crippen molar-refractivity contribution in [2.45, 2.75) is 49.9 Å². The number of carbonyl (C=O) groups excluding carboxylic acids is 2. The third-order valence-electron chi connectivity index (χ3n) is 6.56. The minimum absolute atomic E-state index is 0.0425. The second-order valence-corrected chi connectivity index (χ2v) is 9.19. The molecule has 2 fully saturated rings. The van der Waals surface area contributed by atoms with E-state index in [1.165, 1.54) is 37.1 Å². The van der Waals surface area contributed by atoms with Crippen molar-refractivity contribution in [2.75, 3.05) is 23.8 Å². The van der Waals surface area contributed by atoms with E-state index in [1.54, 1.807) is 12.1 Å². The van der Waals surface area contributed by atoms with Crippen LogP contribution in [0.5, 0.6) is 5.75 Å². The van der Waals surface area contributed by atoms with Crippen LogP contribution < -0.4 is 20.7 Å². The van der Waals surface area contributed by atoms with Crippen molar-refractivity contribution >= 4 is 23.3 Å². The normalized spacial score (nSPS) is 25.0. The fraction of sp³-hybridized carbons (Fsp3) is 0.440. The van der Waals surface area contributed by atoms with Crippen molar-refractivity contribution < 1.29 is 28.6 Å². The van der Waals surface area contributed by atoms with Gasteiger partial charge in [0.1, 0.15) is 23.8 Å². The van der Waals surface area contributed by atoms with E-state index in [4.69, 9.17) is 9.47 Å². The SMILES string of the molecule is O=C(C[C@@H]1C[C@H]2c3cc(NC(=O)Nc4ccc(F)cc4)ccc3O[C@H]2[C@H](CO)O1)NCC1CC1. The molecule has 0 unspecified atom stereocenters.